The van der Waals surface area contributed by atoms with Crippen molar-refractivity contribution in [3.05, 3.63) is 27.2 Å². The molecule has 94 valence electrons. The van der Waals surface area contributed by atoms with Crippen LogP contribution >= 0.6 is 0 Å². The lowest BCUT2D eigenvalue weighted by Gasteiger charge is -2.12. The second-order valence-electron chi connectivity index (χ2n) is 4.08. The van der Waals surface area contributed by atoms with Gasteiger partial charge in [-0.1, -0.05) is 0 Å². The van der Waals surface area contributed by atoms with Crippen molar-refractivity contribution < 1.29 is 13.2 Å². The number of H-pyrrole nitrogens is 1. The molecule has 0 saturated carbocycles. The van der Waals surface area contributed by atoms with Crippen LogP contribution in [0.3, 0.4) is 0 Å². The molecular weight excluding hydrogens is 235 g/mol. The Bertz CT molecular complexity index is 481. The fourth-order valence-electron chi connectivity index (χ4n) is 2.29. The van der Waals surface area contributed by atoms with Crippen molar-refractivity contribution >= 4 is 0 Å². The number of halogens is 3. The van der Waals surface area contributed by atoms with Crippen LogP contribution in [0.25, 0.3) is 0 Å². The average Bonchev–Trinajstić information content (AvgIpc) is 2.59. The standard InChI is InChI=1S/C10H12F3N3O/c1-14-4-5-2-3-6-7(10(11,12)13)9(17)16-15-8(5)6/h5,14H,2-4H2,1H3,(H,16,17). The summed E-state index contributed by atoms with van der Waals surface area (Å²) in [5, 5.41) is 8.61. The topological polar surface area (TPSA) is 57.8 Å². The molecule has 0 saturated heterocycles. The number of likely N-dealkylation sites (N-methyl/N-ethyl adjacent to an activating group) is 1. The van der Waals surface area contributed by atoms with Crippen LogP contribution in [0.15, 0.2) is 4.79 Å². The van der Waals surface area contributed by atoms with Gasteiger partial charge in [-0.2, -0.15) is 18.3 Å². The number of aromatic nitrogens is 2. The molecule has 0 amide bonds. The summed E-state index contributed by atoms with van der Waals surface area (Å²) in [5.74, 6) is -0.0621. The first-order valence-electron chi connectivity index (χ1n) is 5.28. The molecule has 7 heteroatoms. The van der Waals surface area contributed by atoms with Gasteiger partial charge < -0.3 is 5.32 Å². The lowest BCUT2D eigenvalue weighted by molar-refractivity contribution is -0.139. The predicted molar refractivity (Wildman–Crippen MR) is 54.8 cm³/mol. The molecule has 1 heterocycles. The molecule has 1 aliphatic rings. The van der Waals surface area contributed by atoms with E-state index in [4.69, 9.17) is 0 Å². The van der Waals surface area contributed by atoms with Gasteiger partial charge in [0.15, 0.2) is 0 Å². The van der Waals surface area contributed by atoms with E-state index in [1.807, 2.05) is 5.10 Å². The quantitative estimate of drug-likeness (QED) is 0.821. The normalized spacial score (nSPS) is 19.4. The van der Waals surface area contributed by atoms with E-state index in [0.717, 1.165) is 0 Å². The van der Waals surface area contributed by atoms with Crippen LogP contribution in [0.5, 0.6) is 0 Å². The second kappa shape index (κ2) is 4.14. The third kappa shape index (κ3) is 2.06. The monoisotopic (exact) mass is 247 g/mol. The Morgan fingerprint density at radius 2 is 2.24 bits per heavy atom. The van der Waals surface area contributed by atoms with Crippen molar-refractivity contribution in [2.75, 3.05) is 13.6 Å². The van der Waals surface area contributed by atoms with Gasteiger partial charge in [0.1, 0.15) is 5.56 Å². The largest absolute Gasteiger partial charge is 0.422 e. The number of aromatic amines is 1. The van der Waals surface area contributed by atoms with Gasteiger partial charge in [-0.25, -0.2) is 5.10 Å². The third-order valence-electron chi connectivity index (χ3n) is 2.98. The first-order valence-corrected chi connectivity index (χ1v) is 5.28. The Labute approximate surface area is 95.2 Å². The van der Waals surface area contributed by atoms with Gasteiger partial charge in [0, 0.05) is 12.5 Å². The molecule has 0 bridgehead atoms. The van der Waals surface area contributed by atoms with Crippen LogP contribution in [0.2, 0.25) is 0 Å². The van der Waals surface area contributed by atoms with E-state index in [-0.39, 0.29) is 17.9 Å². The van der Waals surface area contributed by atoms with Gasteiger partial charge in [0.05, 0.1) is 5.69 Å². The molecule has 1 aromatic rings. The van der Waals surface area contributed by atoms with E-state index in [9.17, 15) is 18.0 Å². The fraction of sp³-hybridized carbons (Fsp3) is 0.600. The average molecular weight is 247 g/mol. The number of alkyl halides is 3. The maximum absolute atomic E-state index is 12.8. The van der Waals surface area contributed by atoms with E-state index in [0.29, 0.717) is 18.7 Å². The van der Waals surface area contributed by atoms with Crippen LogP contribution in [-0.4, -0.2) is 23.8 Å². The van der Waals surface area contributed by atoms with Crippen molar-refractivity contribution in [3.63, 3.8) is 0 Å². The smallest absolute Gasteiger partial charge is 0.319 e. The second-order valence-corrected chi connectivity index (χ2v) is 4.08. The molecule has 0 spiro atoms. The van der Waals surface area contributed by atoms with Gasteiger partial charge in [0.2, 0.25) is 0 Å². The number of nitrogens with one attached hydrogen (secondary N) is 2. The van der Waals surface area contributed by atoms with Crippen molar-refractivity contribution in [1.29, 1.82) is 0 Å². The molecule has 0 radical (unpaired) electrons. The molecule has 1 aliphatic carbocycles. The van der Waals surface area contributed by atoms with Gasteiger partial charge in [-0.05, 0) is 25.5 Å². The molecule has 0 aliphatic heterocycles. The number of fused-ring (bicyclic) bond motifs is 1. The number of nitrogens with zero attached hydrogens (tertiary/aromatic N) is 1. The summed E-state index contributed by atoms with van der Waals surface area (Å²) < 4.78 is 38.3. The Balaban J connectivity index is 2.53. The zero-order valence-electron chi connectivity index (χ0n) is 9.19. The maximum atomic E-state index is 12.8. The molecule has 1 unspecified atom stereocenters. The van der Waals surface area contributed by atoms with Crippen molar-refractivity contribution in [1.82, 2.24) is 15.5 Å². The summed E-state index contributed by atoms with van der Waals surface area (Å²) in [5.41, 5.74) is -1.81. The maximum Gasteiger partial charge on any atom is 0.422 e. The summed E-state index contributed by atoms with van der Waals surface area (Å²) in [4.78, 5) is 11.2. The molecule has 0 fully saturated rings. The van der Waals surface area contributed by atoms with E-state index in [2.05, 4.69) is 10.4 Å². The Morgan fingerprint density at radius 1 is 1.53 bits per heavy atom. The lowest BCUT2D eigenvalue weighted by Crippen LogP contribution is -2.26. The van der Waals surface area contributed by atoms with Crippen molar-refractivity contribution in [2.24, 2.45) is 0 Å². The predicted octanol–water partition coefficient (Wildman–Crippen LogP) is 1.04. The third-order valence-corrected chi connectivity index (χ3v) is 2.98. The lowest BCUT2D eigenvalue weighted by atomic mass is 10.1. The summed E-state index contributed by atoms with van der Waals surface area (Å²) in [7, 11) is 1.73. The Hall–Kier alpha value is -1.37. The van der Waals surface area contributed by atoms with Crippen LogP contribution in [-0.2, 0) is 12.6 Å². The first-order chi connectivity index (χ1) is 7.95. The van der Waals surface area contributed by atoms with Gasteiger partial charge in [0.25, 0.3) is 5.56 Å². The summed E-state index contributed by atoms with van der Waals surface area (Å²) in [6.07, 6.45) is -3.77. The minimum Gasteiger partial charge on any atom is -0.319 e. The first kappa shape index (κ1) is 12.1. The van der Waals surface area contributed by atoms with Crippen LogP contribution in [0.1, 0.15) is 29.2 Å². The van der Waals surface area contributed by atoms with Gasteiger partial charge >= 0.3 is 6.18 Å². The fourth-order valence-corrected chi connectivity index (χ4v) is 2.29. The van der Waals surface area contributed by atoms with Gasteiger partial charge in [-0.3, -0.25) is 4.79 Å². The Kier molecular flexibility index (Phi) is 2.94. The number of hydrogen-bond donors (Lipinski definition) is 2. The SMILES string of the molecule is CNCC1CCc2c1n[nH]c(=O)c2C(F)(F)F. The van der Waals surface area contributed by atoms with Gasteiger partial charge in [-0.15, -0.1) is 0 Å². The highest BCUT2D eigenvalue weighted by Gasteiger charge is 2.40. The molecule has 2 N–H and O–H groups in total. The van der Waals surface area contributed by atoms with E-state index in [1.165, 1.54) is 0 Å². The molecule has 1 aromatic heterocycles. The molecule has 2 rings (SSSR count). The molecule has 17 heavy (non-hydrogen) atoms. The van der Waals surface area contributed by atoms with E-state index < -0.39 is 17.3 Å². The highest BCUT2D eigenvalue weighted by Crippen LogP contribution is 2.37. The molecular formula is C10H12F3N3O. The number of hydrogen-bond acceptors (Lipinski definition) is 3. The highest BCUT2D eigenvalue weighted by molar-refractivity contribution is 5.36. The van der Waals surface area contributed by atoms with Crippen molar-refractivity contribution in [2.45, 2.75) is 24.9 Å². The minimum absolute atomic E-state index is 0.0569. The van der Waals surface area contributed by atoms with Crippen molar-refractivity contribution in [3.8, 4) is 0 Å². The van der Waals surface area contributed by atoms with Crippen LogP contribution < -0.4 is 10.9 Å². The van der Waals surface area contributed by atoms with Crippen LogP contribution in [0, 0.1) is 0 Å². The van der Waals surface area contributed by atoms with Crippen LogP contribution in [0.4, 0.5) is 13.2 Å². The zero-order valence-corrected chi connectivity index (χ0v) is 9.19. The van der Waals surface area contributed by atoms with E-state index in [1.54, 1.807) is 7.05 Å². The molecule has 4 nitrogen and oxygen atoms in total. The number of rotatable bonds is 2. The minimum atomic E-state index is -4.62. The summed E-state index contributed by atoms with van der Waals surface area (Å²) in [6.45, 7) is 0.559. The zero-order chi connectivity index (χ0) is 12.6. The highest BCUT2D eigenvalue weighted by atomic mass is 19.4. The Morgan fingerprint density at radius 3 is 2.82 bits per heavy atom. The van der Waals surface area contributed by atoms with E-state index >= 15 is 0 Å². The summed E-state index contributed by atoms with van der Waals surface area (Å²) in [6, 6.07) is 0. The summed E-state index contributed by atoms with van der Waals surface area (Å²) >= 11 is 0. The molecule has 1 atom stereocenters. The molecule has 0 aromatic carbocycles.